The number of hydrogen-bond donors (Lipinski definition) is 0. The fourth-order valence-electron chi connectivity index (χ4n) is 6.00. The summed E-state index contributed by atoms with van der Waals surface area (Å²) in [5.74, 6) is 0.0417. The minimum Gasteiger partial charge on any atom is -0.469 e. The number of ether oxygens (including phenoxy) is 2. The molecule has 0 saturated carbocycles. The van der Waals surface area contributed by atoms with Crippen molar-refractivity contribution in [3.8, 4) is 0 Å². The van der Waals surface area contributed by atoms with Crippen molar-refractivity contribution in [1.29, 1.82) is 0 Å². The van der Waals surface area contributed by atoms with Gasteiger partial charge in [-0.25, -0.2) is 0 Å². The highest BCUT2D eigenvalue weighted by atomic mass is 16.5. The van der Waals surface area contributed by atoms with Crippen molar-refractivity contribution < 1.29 is 23.9 Å². The first-order valence-corrected chi connectivity index (χ1v) is 18.4. The predicted molar refractivity (Wildman–Crippen MR) is 184 cm³/mol. The highest BCUT2D eigenvalue weighted by Gasteiger charge is 2.21. The van der Waals surface area contributed by atoms with E-state index in [9.17, 15) is 14.4 Å². The smallest absolute Gasteiger partial charge is 0.305 e. The molecule has 0 aromatic heterocycles. The molecule has 0 unspecified atom stereocenters. The first-order chi connectivity index (χ1) is 21.9. The summed E-state index contributed by atoms with van der Waals surface area (Å²) in [5.41, 5.74) is 0. The number of nitrogens with zero attached hydrogens (tertiary/aromatic N) is 4. The van der Waals surface area contributed by atoms with Gasteiger partial charge in [-0.15, -0.1) is 0 Å². The number of carbonyl (C=O) groups is 3. The van der Waals surface area contributed by atoms with E-state index in [-0.39, 0.29) is 17.8 Å². The Morgan fingerprint density at radius 1 is 0.533 bits per heavy atom. The van der Waals surface area contributed by atoms with E-state index in [0.717, 1.165) is 110 Å². The molecule has 1 fully saturated rings. The van der Waals surface area contributed by atoms with Crippen LogP contribution >= 0.6 is 0 Å². The molecule has 1 aliphatic rings. The van der Waals surface area contributed by atoms with Crippen LogP contribution in [0.4, 0.5) is 0 Å². The summed E-state index contributed by atoms with van der Waals surface area (Å²) in [4.78, 5) is 45.4. The van der Waals surface area contributed by atoms with Crippen LogP contribution in [0.25, 0.3) is 0 Å². The summed E-state index contributed by atoms with van der Waals surface area (Å²) in [6.45, 7) is 11.5. The molecule has 0 aliphatic carbocycles. The summed E-state index contributed by atoms with van der Waals surface area (Å²) in [7, 11) is 5.04. The molecular formula is C36H70N4O5. The van der Waals surface area contributed by atoms with E-state index in [1.165, 1.54) is 72.0 Å². The van der Waals surface area contributed by atoms with Crippen LogP contribution in [0.2, 0.25) is 0 Å². The SMILES string of the molecule is CCCCCCCCCN(CCCCCCCC(=O)OC)CCN(CCCCCCCC(=O)OC)CC(=O)N1CCN(C)CC1. The number of hydrogen-bond acceptors (Lipinski definition) is 8. The molecule has 45 heavy (non-hydrogen) atoms. The maximum absolute atomic E-state index is 13.3. The highest BCUT2D eigenvalue weighted by Crippen LogP contribution is 2.12. The number of piperazine rings is 1. The maximum atomic E-state index is 13.3. The number of amides is 1. The molecule has 0 radical (unpaired) electrons. The van der Waals surface area contributed by atoms with E-state index >= 15 is 0 Å². The van der Waals surface area contributed by atoms with Gasteiger partial charge in [0.05, 0.1) is 20.8 Å². The lowest BCUT2D eigenvalue weighted by molar-refractivity contribution is -0.141. The lowest BCUT2D eigenvalue weighted by atomic mass is 10.1. The van der Waals surface area contributed by atoms with Crippen LogP contribution in [-0.4, -0.2) is 124 Å². The molecule has 0 aromatic rings. The molecule has 9 nitrogen and oxygen atoms in total. The molecule has 1 rings (SSSR count). The third kappa shape index (κ3) is 23.3. The number of likely N-dealkylation sites (N-methyl/N-ethyl adjacent to an activating group) is 1. The van der Waals surface area contributed by atoms with Crippen molar-refractivity contribution in [3.05, 3.63) is 0 Å². The van der Waals surface area contributed by atoms with Gasteiger partial charge in [0.15, 0.2) is 0 Å². The molecule has 0 spiro atoms. The Morgan fingerprint density at radius 2 is 0.933 bits per heavy atom. The zero-order valence-corrected chi connectivity index (χ0v) is 29.8. The minimum absolute atomic E-state index is 0.106. The Balaban J connectivity index is 2.60. The van der Waals surface area contributed by atoms with E-state index in [2.05, 4.69) is 33.6 Å². The van der Waals surface area contributed by atoms with Gasteiger partial charge in [0, 0.05) is 52.1 Å². The molecule has 0 aromatic carbocycles. The molecule has 9 heteroatoms. The van der Waals surface area contributed by atoms with Crippen molar-refractivity contribution in [2.24, 2.45) is 0 Å². The van der Waals surface area contributed by atoms with Crippen molar-refractivity contribution >= 4 is 17.8 Å². The van der Waals surface area contributed by atoms with Crippen molar-refractivity contribution in [2.75, 3.05) is 86.7 Å². The summed E-state index contributed by atoms with van der Waals surface area (Å²) in [5, 5.41) is 0. The summed E-state index contributed by atoms with van der Waals surface area (Å²) >= 11 is 0. The van der Waals surface area contributed by atoms with E-state index in [4.69, 9.17) is 9.47 Å². The third-order valence-electron chi connectivity index (χ3n) is 9.19. The Kier molecular flexibility index (Phi) is 26.2. The fourth-order valence-corrected chi connectivity index (χ4v) is 6.00. The van der Waals surface area contributed by atoms with Crippen LogP contribution in [0.15, 0.2) is 0 Å². The predicted octanol–water partition coefficient (Wildman–Crippen LogP) is 6.14. The molecule has 0 bridgehead atoms. The van der Waals surface area contributed by atoms with Crippen LogP contribution in [0.5, 0.6) is 0 Å². The summed E-state index contributed by atoms with van der Waals surface area (Å²) in [6, 6.07) is 0. The number of carbonyl (C=O) groups excluding carboxylic acids is 3. The molecular weight excluding hydrogens is 568 g/mol. The number of esters is 2. The molecule has 1 aliphatic heterocycles. The molecule has 1 heterocycles. The number of rotatable bonds is 29. The van der Waals surface area contributed by atoms with Gasteiger partial charge in [-0.05, 0) is 58.8 Å². The lowest BCUT2D eigenvalue weighted by Gasteiger charge is -2.34. The van der Waals surface area contributed by atoms with E-state index in [1.807, 2.05) is 0 Å². The maximum Gasteiger partial charge on any atom is 0.305 e. The monoisotopic (exact) mass is 639 g/mol. The van der Waals surface area contributed by atoms with Gasteiger partial charge >= 0.3 is 11.9 Å². The largest absolute Gasteiger partial charge is 0.469 e. The average molecular weight is 639 g/mol. The topological polar surface area (TPSA) is 82.6 Å². The van der Waals surface area contributed by atoms with Crippen LogP contribution in [0.1, 0.15) is 129 Å². The molecule has 264 valence electrons. The number of unbranched alkanes of at least 4 members (excludes halogenated alkanes) is 14. The zero-order valence-electron chi connectivity index (χ0n) is 29.8. The van der Waals surface area contributed by atoms with Gasteiger partial charge in [0.2, 0.25) is 5.91 Å². The Hall–Kier alpha value is -1.71. The van der Waals surface area contributed by atoms with Crippen molar-refractivity contribution in [3.63, 3.8) is 0 Å². The highest BCUT2D eigenvalue weighted by molar-refractivity contribution is 5.78. The fraction of sp³-hybridized carbons (Fsp3) is 0.917. The Bertz CT molecular complexity index is 745. The quantitative estimate of drug-likeness (QED) is 0.0714. The van der Waals surface area contributed by atoms with Crippen LogP contribution < -0.4 is 0 Å². The Labute approximate surface area is 276 Å². The zero-order chi connectivity index (χ0) is 33.0. The molecule has 1 saturated heterocycles. The molecule has 0 atom stereocenters. The standard InChI is InChI=1S/C36H70N4O5/c1-5-6-7-8-9-14-19-24-38(25-20-15-10-12-17-22-35(42)44-3)29-30-39(26-21-16-11-13-18-23-36(43)45-4)33-34(41)40-31-27-37(2)28-32-40/h5-33H2,1-4H3. The van der Waals surface area contributed by atoms with Crippen LogP contribution in [0.3, 0.4) is 0 Å². The summed E-state index contributed by atoms with van der Waals surface area (Å²) in [6.07, 6.45) is 21.0. The van der Waals surface area contributed by atoms with E-state index in [1.54, 1.807) is 0 Å². The molecule has 1 amide bonds. The van der Waals surface area contributed by atoms with Gasteiger partial charge in [0.25, 0.3) is 0 Å². The van der Waals surface area contributed by atoms with E-state index < -0.39 is 0 Å². The first-order valence-electron chi connectivity index (χ1n) is 18.4. The second kappa shape index (κ2) is 28.5. The molecule has 0 N–H and O–H groups in total. The third-order valence-corrected chi connectivity index (χ3v) is 9.19. The Morgan fingerprint density at radius 3 is 1.40 bits per heavy atom. The van der Waals surface area contributed by atoms with Crippen molar-refractivity contribution in [1.82, 2.24) is 19.6 Å². The number of methoxy groups -OCH3 is 2. The summed E-state index contributed by atoms with van der Waals surface area (Å²) < 4.78 is 9.51. The van der Waals surface area contributed by atoms with Crippen LogP contribution in [0, 0.1) is 0 Å². The van der Waals surface area contributed by atoms with Gasteiger partial charge in [-0.3, -0.25) is 19.3 Å². The van der Waals surface area contributed by atoms with Gasteiger partial charge < -0.3 is 24.2 Å². The van der Waals surface area contributed by atoms with Gasteiger partial charge in [0.1, 0.15) is 0 Å². The van der Waals surface area contributed by atoms with Gasteiger partial charge in [-0.2, -0.15) is 0 Å². The second-order valence-electron chi connectivity index (χ2n) is 13.1. The van der Waals surface area contributed by atoms with E-state index in [0.29, 0.717) is 19.4 Å². The lowest BCUT2D eigenvalue weighted by Crippen LogP contribution is -2.50. The van der Waals surface area contributed by atoms with Crippen molar-refractivity contribution in [2.45, 2.75) is 129 Å². The second-order valence-corrected chi connectivity index (χ2v) is 13.1. The first kappa shape index (κ1) is 41.3. The normalized spacial score (nSPS) is 14.0. The van der Waals surface area contributed by atoms with Crippen LogP contribution in [-0.2, 0) is 23.9 Å². The minimum atomic E-state index is -0.122. The average Bonchev–Trinajstić information content (AvgIpc) is 3.04. The van der Waals surface area contributed by atoms with Gasteiger partial charge in [-0.1, -0.05) is 84.0 Å².